The van der Waals surface area contributed by atoms with Crippen LogP contribution in [0.25, 0.3) is 0 Å². The van der Waals surface area contributed by atoms with Crippen molar-refractivity contribution in [1.82, 2.24) is 10.2 Å². The molecular weight excluding hydrogens is 216 g/mol. The first kappa shape index (κ1) is 11.6. The zero-order valence-electron chi connectivity index (χ0n) is 10.1. The number of carbonyl (C=O) groups excluding carboxylic acids is 2. The molecule has 17 heavy (non-hydrogen) atoms. The zero-order valence-corrected chi connectivity index (χ0v) is 10.1. The van der Waals surface area contributed by atoms with Crippen molar-refractivity contribution in [2.24, 2.45) is 0 Å². The summed E-state index contributed by atoms with van der Waals surface area (Å²) in [6.07, 6.45) is 0.543. The van der Waals surface area contributed by atoms with E-state index < -0.39 is 0 Å². The molecule has 4 nitrogen and oxygen atoms in total. The van der Waals surface area contributed by atoms with Crippen molar-refractivity contribution >= 4 is 11.8 Å². The van der Waals surface area contributed by atoms with Gasteiger partial charge in [-0.05, 0) is 17.7 Å². The van der Waals surface area contributed by atoms with E-state index in [0.29, 0.717) is 18.5 Å². The van der Waals surface area contributed by atoms with Gasteiger partial charge in [0, 0.05) is 38.5 Å². The maximum atomic E-state index is 11.7. The average molecular weight is 232 g/mol. The van der Waals surface area contributed by atoms with Crippen LogP contribution in [-0.2, 0) is 4.79 Å². The third kappa shape index (κ3) is 2.46. The lowest BCUT2D eigenvalue weighted by Crippen LogP contribution is -2.21. The molecule has 1 aliphatic heterocycles. The molecule has 1 heterocycles. The highest BCUT2D eigenvalue weighted by molar-refractivity contribution is 5.93. The summed E-state index contributed by atoms with van der Waals surface area (Å²) in [6.45, 7) is 0.694. The van der Waals surface area contributed by atoms with Crippen molar-refractivity contribution in [3.8, 4) is 0 Å². The third-order valence-corrected chi connectivity index (χ3v) is 3.01. The lowest BCUT2D eigenvalue weighted by atomic mass is 9.97. The Morgan fingerprint density at radius 2 is 1.94 bits per heavy atom. The van der Waals surface area contributed by atoms with Gasteiger partial charge in [-0.1, -0.05) is 12.1 Å². The van der Waals surface area contributed by atoms with E-state index in [1.54, 1.807) is 19.0 Å². The maximum Gasteiger partial charge on any atom is 0.253 e. The van der Waals surface area contributed by atoms with E-state index in [-0.39, 0.29) is 17.7 Å². The van der Waals surface area contributed by atoms with Crippen molar-refractivity contribution < 1.29 is 9.59 Å². The van der Waals surface area contributed by atoms with Gasteiger partial charge in [0.1, 0.15) is 0 Å². The molecule has 0 saturated carbocycles. The number of nitrogens with one attached hydrogen (secondary N) is 1. The van der Waals surface area contributed by atoms with E-state index in [1.807, 2.05) is 24.3 Å². The zero-order chi connectivity index (χ0) is 12.4. The molecule has 1 aromatic carbocycles. The molecule has 2 amide bonds. The first-order valence-corrected chi connectivity index (χ1v) is 5.66. The van der Waals surface area contributed by atoms with Crippen LogP contribution in [0.1, 0.15) is 28.3 Å². The van der Waals surface area contributed by atoms with Crippen LogP contribution in [0.4, 0.5) is 0 Å². The van der Waals surface area contributed by atoms with Crippen molar-refractivity contribution in [3.63, 3.8) is 0 Å². The first-order chi connectivity index (χ1) is 8.08. The second-order valence-corrected chi connectivity index (χ2v) is 4.53. The lowest BCUT2D eigenvalue weighted by molar-refractivity contribution is -0.119. The van der Waals surface area contributed by atoms with Gasteiger partial charge in [0.2, 0.25) is 5.91 Å². The third-order valence-electron chi connectivity index (χ3n) is 3.01. The van der Waals surface area contributed by atoms with Gasteiger partial charge in [-0.3, -0.25) is 9.59 Å². The summed E-state index contributed by atoms with van der Waals surface area (Å²) in [5.41, 5.74) is 1.79. The lowest BCUT2D eigenvalue weighted by Gasteiger charge is -2.12. The van der Waals surface area contributed by atoms with Crippen molar-refractivity contribution in [2.45, 2.75) is 12.3 Å². The Kier molecular flexibility index (Phi) is 3.13. The minimum absolute atomic E-state index is 0.00262. The van der Waals surface area contributed by atoms with E-state index in [4.69, 9.17) is 0 Å². The van der Waals surface area contributed by atoms with Crippen LogP contribution >= 0.6 is 0 Å². The van der Waals surface area contributed by atoms with Crippen LogP contribution in [0, 0.1) is 0 Å². The fraction of sp³-hybridized carbons (Fsp3) is 0.385. The molecule has 1 saturated heterocycles. The summed E-state index contributed by atoms with van der Waals surface area (Å²) in [7, 11) is 3.46. The molecule has 4 heteroatoms. The van der Waals surface area contributed by atoms with Gasteiger partial charge in [-0.2, -0.15) is 0 Å². The van der Waals surface area contributed by atoms with Gasteiger partial charge in [0.25, 0.3) is 5.91 Å². The Morgan fingerprint density at radius 1 is 1.29 bits per heavy atom. The van der Waals surface area contributed by atoms with Gasteiger partial charge >= 0.3 is 0 Å². The molecule has 1 aromatic rings. The number of benzene rings is 1. The second-order valence-electron chi connectivity index (χ2n) is 4.53. The Labute approximate surface area is 101 Å². The summed E-state index contributed by atoms with van der Waals surface area (Å²) in [6, 6.07) is 7.50. The predicted octanol–water partition coefficient (Wildman–Crippen LogP) is 0.992. The second kappa shape index (κ2) is 4.57. The maximum absolute atomic E-state index is 11.7. The number of nitrogens with zero attached hydrogens (tertiary/aromatic N) is 1. The van der Waals surface area contributed by atoms with Crippen LogP contribution in [0.5, 0.6) is 0 Å². The molecule has 0 radical (unpaired) electrons. The largest absolute Gasteiger partial charge is 0.355 e. The Balaban J connectivity index is 2.13. The van der Waals surface area contributed by atoms with E-state index in [0.717, 1.165) is 5.56 Å². The van der Waals surface area contributed by atoms with Gasteiger partial charge in [0.15, 0.2) is 0 Å². The molecule has 90 valence electrons. The predicted molar refractivity (Wildman–Crippen MR) is 64.8 cm³/mol. The topological polar surface area (TPSA) is 49.4 Å². The number of amides is 2. The molecule has 0 spiro atoms. The van der Waals surface area contributed by atoms with E-state index >= 15 is 0 Å². The van der Waals surface area contributed by atoms with E-state index in [1.165, 1.54) is 0 Å². The van der Waals surface area contributed by atoms with Gasteiger partial charge in [0.05, 0.1) is 0 Å². The van der Waals surface area contributed by atoms with Crippen LogP contribution in [0.3, 0.4) is 0 Å². The minimum atomic E-state index is -0.00262. The van der Waals surface area contributed by atoms with Crippen molar-refractivity contribution in [1.29, 1.82) is 0 Å². The fourth-order valence-corrected chi connectivity index (χ4v) is 2.00. The standard InChI is InChI=1S/C13H16N2O2/c1-15(2)13(17)10-5-3-9(4-6-10)11-7-12(16)14-8-11/h3-6,11H,7-8H2,1-2H3,(H,14,16). The normalized spacial score (nSPS) is 18.9. The highest BCUT2D eigenvalue weighted by Crippen LogP contribution is 2.23. The first-order valence-electron chi connectivity index (χ1n) is 5.66. The molecule has 0 aliphatic carbocycles. The van der Waals surface area contributed by atoms with Gasteiger partial charge in [-0.15, -0.1) is 0 Å². The molecule has 1 aliphatic rings. The molecule has 1 N–H and O–H groups in total. The number of carbonyl (C=O) groups is 2. The van der Waals surface area contributed by atoms with Gasteiger partial charge in [-0.25, -0.2) is 0 Å². The molecule has 1 atom stereocenters. The van der Waals surface area contributed by atoms with E-state index in [2.05, 4.69) is 5.32 Å². The fourth-order valence-electron chi connectivity index (χ4n) is 2.00. The highest BCUT2D eigenvalue weighted by Gasteiger charge is 2.22. The Morgan fingerprint density at radius 3 is 2.41 bits per heavy atom. The molecule has 2 rings (SSSR count). The number of hydrogen-bond donors (Lipinski definition) is 1. The Bertz CT molecular complexity index is 437. The van der Waals surface area contributed by atoms with Gasteiger partial charge < -0.3 is 10.2 Å². The number of hydrogen-bond acceptors (Lipinski definition) is 2. The molecule has 0 bridgehead atoms. The van der Waals surface area contributed by atoms with Crippen LogP contribution in [-0.4, -0.2) is 37.4 Å². The molecule has 0 aromatic heterocycles. The SMILES string of the molecule is CN(C)C(=O)c1ccc(C2CNC(=O)C2)cc1. The smallest absolute Gasteiger partial charge is 0.253 e. The Hall–Kier alpha value is -1.84. The summed E-state index contributed by atoms with van der Waals surface area (Å²) in [4.78, 5) is 24.4. The summed E-state index contributed by atoms with van der Waals surface area (Å²) in [5, 5.41) is 2.81. The van der Waals surface area contributed by atoms with Crippen LogP contribution in [0.2, 0.25) is 0 Å². The van der Waals surface area contributed by atoms with Crippen LogP contribution < -0.4 is 5.32 Å². The minimum Gasteiger partial charge on any atom is -0.355 e. The quantitative estimate of drug-likeness (QED) is 0.826. The highest BCUT2D eigenvalue weighted by atomic mass is 16.2. The summed E-state index contributed by atoms with van der Waals surface area (Å²) >= 11 is 0. The van der Waals surface area contributed by atoms with E-state index in [9.17, 15) is 9.59 Å². The van der Waals surface area contributed by atoms with Crippen molar-refractivity contribution in [2.75, 3.05) is 20.6 Å². The average Bonchev–Trinajstić information content (AvgIpc) is 2.75. The molecule has 1 fully saturated rings. The number of rotatable bonds is 2. The molecule has 1 unspecified atom stereocenters. The van der Waals surface area contributed by atoms with Crippen molar-refractivity contribution in [3.05, 3.63) is 35.4 Å². The monoisotopic (exact) mass is 232 g/mol. The molecular formula is C13H16N2O2. The summed E-state index contributed by atoms with van der Waals surface area (Å²) in [5.74, 6) is 0.339. The van der Waals surface area contributed by atoms with Crippen LogP contribution in [0.15, 0.2) is 24.3 Å². The summed E-state index contributed by atoms with van der Waals surface area (Å²) < 4.78 is 0.